The van der Waals surface area contributed by atoms with Crippen LogP contribution in [0.3, 0.4) is 0 Å². The number of halogens is 1. The zero-order valence-electron chi connectivity index (χ0n) is 17.6. The van der Waals surface area contributed by atoms with Gasteiger partial charge in [-0.15, -0.1) is 0 Å². The Morgan fingerprint density at radius 3 is 2.30 bits per heavy atom. The Labute approximate surface area is 182 Å². The summed E-state index contributed by atoms with van der Waals surface area (Å²) in [6.45, 7) is 0.425. The highest BCUT2D eigenvalue weighted by Crippen LogP contribution is 2.31. The van der Waals surface area contributed by atoms with Gasteiger partial charge < -0.3 is 19.7 Å². The van der Waals surface area contributed by atoms with Crippen molar-refractivity contribution in [1.29, 1.82) is 0 Å². The monoisotopic (exact) mass is 455 g/mol. The van der Waals surface area contributed by atoms with Crippen LogP contribution in [0.1, 0.15) is 6.42 Å². The average molecular weight is 456 g/mol. The van der Waals surface area contributed by atoms with E-state index in [0.717, 1.165) is 9.99 Å². The van der Waals surface area contributed by atoms with Gasteiger partial charge in [0.15, 0.2) is 11.5 Å². The number of methoxy groups -OCH3 is 2. The summed E-state index contributed by atoms with van der Waals surface area (Å²) in [6, 6.07) is 9.69. The molecule has 0 radical (unpaired) electrons. The molecule has 1 amide bonds. The average Bonchev–Trinajstić information content (AvgIpc) is 2.72. The van der Waals surface area contributed by atoms with Gasteiger partial charge in [0.2, 0.25) is 15.9 Å². The van der Waals surface area contributed by atoms with Crippen LogP contribution in [-0.4, -0.2) is 60.5 Å². The van der Waals surface area contributed by atoms with Crippen LogP contribution in [0.2, 0.25) is 5.02 Å². The minimum atomic E-state index is -3.63. The number of amides is 1. The smallest absolute Gasteiger partial charge is 0.242 e. The van der Waals surface area contributed by atoms with E-state index in [4.69, 9.17) is 21.1 Å². The maximum atomic E-state index is 12.4. The van der Waals surface area contributed by atoms with Crippen molar-refractivity contribution in [1.82, 2.24) is 4.31 Å². The van der Waals surface area contributed by atoms with Gasteiger partial charge in [-0.25, -0.2) is 12.7 Å². The van der Waals surface area contributed by atoms with Gasteiger partial charge in [0.1, 0.15) is 0 Å². The van der Waals surface area contributed by atoms with Gasteiger partial charge in [0.25, 0.3) is 0 Å². The first-order chi connectivity index (χ1) is 14.1. The molecule has 1 N–H and O–H groups in total. The summed E-state index contributed by atoms with van der Waals surface area (Å²) in [6.07, 6.45) is 0.172. The molecule has 164 valence electrons. The molecule has 30 heavy (non-hydrogen) atoms. The van der Waals surface area contributed by atoms with Crippen LogP contribution in [-0.2, 0) is 14.8 Å². The summed E-state index contributed by atoms with van der Waals surface area (Å²) in [5.74, 6) is 0.926. The maximum absolute atomic E-state index is 12.4. The van der Waals surface area contributed by atoms with E-state index in [1.165, 1.54) is 32.3 Å². The van der Waals surface area contributed by atoms with Crippen molar-refractivity contribution < 1.29 is 22.7 Å². The van der Waals surface area contributed by atoms with Gasteiger partial charge in [-0.3, -0.25) is 4.79 Å². The minimum absolute atomic E-state index is 0.0506. The third-order valence-electron chi connectivity index (χ3n) is 4.47. The number of hydrogen-bond acceptors (Lipinski definition) is 6. The molecule has 10 heteroatoms. The standard InChI is InChI=1S/C20H26ClN3O5S/c1-23(2)30(26,27)15-7-8-16(21)17(13-15)22-20(25)10-11-24(3)14-6-9-18(28-4)19(12-14)29-5/h6-9,12-13H,10-11H2,1-5H3,(H,22,25). The van der Waals surface area contributed by atoms with Gasteiger partial charge in [-0.05, 0) is 30.3 Å². The van der Waals surface area contributed by atoms with Crippen LogP contribution in [0.4, 0.5) is 11.4 Å². The van der Waals surface area contributed by atoms with E-state index < -0.39 is 10.0 Å². The predicted octanol–water partition coefficient (Wildman–Crippen LogP) is 3.07. The molecule has 0 aliphatic carbocycles. The molecule has 0 aliphatic heterocycles. The molecule has 0 spiro atoms. The molecule has 2 rings (SSSR count). The van der Waals surface area contributed by atoms with E-state index in [1.54, 1.807) is 20.3 Å². The molecule has 0 fully saturated rings. The van der Waals surface area contributed by atoms with Gasteiger partial charge in [0, 0.05) is 45.9 Å². The summed E-state index contributed by atoms with van der Waals surface area (Å²) >= 11 is 6.13. The lowest BCUT2D eigenvalue weighted by Gasteiger charge is -2.20. The Balaban J connectivity index is 2.06. The van der Waals surface area contributed by atoms with Crippen LogP contribution in [0, 0.1) is 0 Å². The number of hydrogen-bond donors (Lipinski definition) is 1. The van der Waals surface area contributed by atoms with Crippen LogP contribution in [0.25, 0.3) is 0 Å². The number of nitrogens with zero attached hydrogens (tertiary/aromatic N) is 2. The van der Waals surface area contributed by atoms with Crippen LogP contribution in [0.15, 0.2) is 41.3 Å². The van der Waals surface area contributed by atoms with Crippen LogP contribution >= 0.6 is 11.6 Å². The highest BCUT2D eigenvalue weighted by molar-refractivity contribution is 7.89. The number of sulfonamides is 1. The van der Waals surface area contributed by atoms with Crippen LogP contribution < -0.4 is 19.7 Å². The second kappa shape index (κ2) is 10.0. The Morgan fingerprint density at radius 1 is 1.03 bits per heavy atom. The number of ether oxygens (including phenoxy) is 2. The highest BCUT2D eigenvalue weighted by Gasteiger charge is 2.19. The van der Waals surface area contributed by atoms with E-state index >= 15 is 0 Å². The first-order valence-corrected chi connectivity index (χ1v) is 10.9. The Bertz CT molecular complexity index is 1010. The van der Waals surface area contributed by atoms with Crippen molar-refractivity contribution in [2.24, 2.45) is 0 Å². The first-order valence-electron chi connectivity index (χ1n) is 9.05. The van der Waals surface area contributed by atoms with E-state index in [-0.39, 0.29) is 27.9 Å². The molecule has 2 aromatic carbocycles. The number of anilines is 2. The SMILES string of the molecule is COc1ccc(N(C)CCC(=O)Nc2cc(S(=O)(=O)N(C)C)ccc2Cl)cc1OC. The molecule has 0 saturated heterocycles. The Morgan fingerprint density at radius 2 is 1.70 bits per heavy atom. The minimum Gasteiger partial charge on any atom is -0.493 e. The lowest BCUT2D eigenvalue weighted by Crippen LogP contribution is -2.24. The molecule has 0 atom stereocenters. The van der Waals surface area contributed by atoms with Gasteiger partial charge >= 0.3 is 0 Å². The summed E-state index contributed by atoms with van der Waals surface area (Å²) in [4.78, 5) is 14.4. The number of benzene rings is 2. The highest BCUT2D eigenvalue weighted by atomic mass is 35.5. The van der Waals surface area contributed by atoms with Crippen molar-refractivity contribution in [3.63, 3.8) is 0 Å². The van der Waals surface area contributed by atoms with Crippen molar-refractivity contribution in [3.8, 4) is 11.5 Å². The first kappa shape index (κ1) is 23.8. The summed E-state index contributed by atoms with van der Waals surface area (Å²) < 4.78 is 36.2. The van der Waals surface area contributed by atoms with Gasteiger partial charge in [0.05, 0.1) is 29.8 Å². The van der Waals surface area contributed by atoms with Gasteiger partial charge in [-0.1, -0.05) is 11.6 Å². The fourth-order valence-corrected chi connectivity index (χ4v) is 3.74. The molecule has 0 aliphatic rings. The second-order valence-corrected chi connectivity index (χ2v) is 9.25. The molecule has 0 unspecified atom stereocenters. The predicted molar refractivity (Wildman–Crippen MR) is 118 cm³/mol. The second-order valence-electron chi connectivity index (χ2n) is 6.69. The largest absolute Gasteiger partial charge is 0.493 e. The van der Waals surface area contributed by atoms with Crippen molar-refractivity contribution in [2.45, 2.75) is 11.3 Å². The number of rotatable bonds is 9. The normalized spacial score (nSPS) is 11.3. The summed E-state index contributed by atoms with van der Waals surface area (Å²) in [5, 5.41) is 2.94. The van der Waals surface area contributed by atoms with E-state index in [1.807, 2.05) is 24.1 Å². The topological polar surface area (TPSA) is 88.2 Å². The zero-order valence-corrected chi connectivity index (χ0v) is 19.2. The Hall–Kier alpha value is -2.49. The van der Waals surface area contributed by atoms with E-state index in [0.29, 0.717) is 18.0 Å². The summed E-state index contributed by atoms with van der Waals surface area (Å²) in [7, 11) is 4.22. The lowest BCUT2D eigenvalue weighted by atomic mass is 10.2. The molecular weight excluding hydrogens is 430 g/mol. The molecular formula is C20H26ClN3O5S. The molecule has 8 nitrogen and oxygen atoms in total. The Kier molecular flexibility index (Phi) is 7.94. The molecule has 0 heterocycles. The van der Waals surface area contributed by atoms with Gasteiger partial charge in [-0.2, -0.15) is 0 Å². The van der Waals surface area contributed by atoms with Crippen molar-refractivity contribution >= 4 is 38.9 Å². The lowest BCUT2D eigenvalue weighted by molar-refractivity contribution is -0.116. The van der Waals surface area contributed by atoms with Crippen LogP contribution in [0.5, 0.6) is 11.5 Å². The van der Waals surface area contributed by atoms with Crippen molar-refractivity contribution in [3.05, 3.63) is 41.4 Å². The van der Waals surface area contributed by atoms with E-state index in [9.17, 15) is 13.2 Å². The summed E-state index contributed by atoms with van der Waals surface area (Å²) in [5.41, 5.74) is 1.11. The van der Waals surface area contributed by atoms with E-state index in [2.05, 4.69) is 5.32 Å². The van der Waals surface area contributed by atoms with Crippen molar-refractivity contribution in [2.75, 3.05) is 52.1 Å². The third-order valence-corrected chi connectivity index (χ3v) is 6.61. The molecule has 0 aromatic heterocycles. The molecule has 2 aromatic rings. The fraction of sp³-hybridized carbons (Fsp3) is 0.350. The fourth-order valence-electron chi connectivity index (χ4n) is 2.64. The molecule has 0 bridgehead atoms. The quantitative estimate of drug-likeness (QED) is 0.625. The molecule has 0 saturated carbocycles. The number of carbonyl (C=O) groups excluding carboxylic acids is 1. The maximum Gasteiger partial charge on any atom is 0.242 e. The number of nitrogens with one attached hydrogen (secondary N) is 1. The zero-order chi connectivity index (χ0) is 22.5. The number of carbonyl (C=O) groups is 1. The third kappa shape index (κ3) is 5.56.